The van der Waals surface area contributed by atoms with Gasteiger partial charge in [0, 0.05) is 19.2 Å². The van der Waals surface area contributed by atoms with Crippen LogP contribution in [0.2, 0.25) is 0 Å². The molecule has 2 aliphatic heterocycles. The van der Waals surface area contributed by atoms with Crippen molar-refractivity contribution in [3.8, 4) is 0 Å². The molecule has 0 spiro atoms. The van der Waals surface area contributed by atoms with Gasteiger partial charge in [-0.2, -0.15) is 0 Å². The molecule has 3 aromatic rings. The van der Waals surface area contributed by atoms with Gasteiger partial charge in [0.25, 0.3) is 0 Å². The number of ether oxygens (including phenoxy) is 1. The summed E-state index contributed by atoms with van der Waals surface area (Å²) in [7, 11) is 0. The first-order valence-corrected chi connectivity index (χ1v) is 11.8. The highest BCUT2D eigenvalue weighted by Crippen LogP contribution is 2.44. The maximum atomic E-state index is 12.7. The fourth-order valence-electron chi connectivity index (χ4n) is 5.35. The van der Waals surface area contributed by atoms with E-state index in [9.17, 15) is 14.7 Å². The first-order valence-electron chi connectivity index (χ1n) is 11.8. The molecule has 0 radical (unpaired) electrons. The lowest BCUT2D eigenvalue weighted by molar-refractivity contribution is -0.151. The van der Waals surface area contributed by atoms with Gasteiger partial charge in [-0.1, -0.05) is 97.1 Å². The number of carbonyl (C=O) groups is 2. The number of nitrogens with one attached hydrogen (secondary N) is 1. The Balaban J connectivity index is 1.69. The standard InChI is InChI=1S/C29H28N2O4/c32-20-24-18-31(19-26(35-24)25-16-17-27(33)30-28(25)34)29(21-10-4-1-5-11-21,22-12-6-2-7-13-22)23-14-8-3-9-15-23/h1-17,24-26,32H,18-20H2,(H,30,33,34)/t24-,25?,26+/m0/s1. The molecule has 1 saturated heterocycles. The van der Waals surface area contributed by atoms with E-state index in [1.165, 1.54) is 6.08 Å². The number of rotatable bonds is 6. The smallest absolute Gasteiger partial charge is 0.250 e. The summed E-state index contributed by atoms with van der Waals surface area (Å²) in [4.78, 5) is 26.7. The van der Waals surface area contributed by atoms with Crippen LogP contribution in [-0.4, -0.2) is 53.7 Å². The van der Waals surface area contributed by atoms with Crippen molar-refractivity contribution in [2.75, 3.05) is 19.7 Å². The van der Waals surface area contributed by atoms with Crippen molar-refractivity contribution < 1.29 is 19.4 Å². The van der Waals surface area contributed by atoms with E-state index >= 15 is 0 Å². The summed E-state index contributed by atoms with van der Waals surface area (Å²) in [6.45, 7) is 0.701. The molecule has 0 aromatic heterocycles. The van der Waals surface area contributed by atoms with Gasteiger partial charge in [-0.25, -0.2) is 0 Å². The topological polar surface area (TPSA) is 78.9 Å². The van der Waals surface area contributed by atoms with Crippen molar-refractivity contribution >= 4 is 11.8 Å². The number of aliphatic hydroxyl groups excluding tert-OH is 1. The second-order valence-corrected chi connectivity index (χ2v) is 8.93. The zero-order chi connectivity index (χ0) is 24.3. The van der Waals surface area contributed by atoms with Gasteiger partial charge in [0.05, 0.1) is 30.3 Å². The first-order chi connectivity index (χ1) is 17.1. The number of carbonyl (C=O) groups excluding carboxylic acids is 2. The fourth-order valence-corrected chi connectivity index (χ4v) is 5.35. The summed E-state index contributed by atoms with van der Waals surface area (Å²) in [5.41, 5.74) is 2.54. The molecule has 2 heterocycles. The van der Waals surface area contributed by atoms with E-state index in [1.807, 2.05) is 54.6 Å². The predicted molar refractivity (Wildman–Crippen MR) is 132 cm³/mol. The third-order valence-corrected chi connectivity index (χ3v) is 6.85. The number of nitrogens with zero attached hydrogens (tertiary/aromatic N) is 1. The minimum atomic E-state index is -0.691. The molecule has 6 heteroatoms. The van der Waals surface area contributed by atoms with Gasteiger partial charge in [0.2, 0.25) is 11.8 Å². The highest BCUT2D eigenvalue weighted by Gasteiger charge is 2.47. The fraction of sp³-hybridized carbons (Fsp3) is 0.241. The maximum Gasteiger partial charge on any atom is 0.250 e. The van der Waals surface area contributed by atoms with Crippen LogP contribution in [0.25, 0.3) is 0 Å². The van der Waals surface area contributed by atoms with Crippen molar-refractivity contribution in [1.82, 2.24) is 10.2 Å². The zero-order valence-electron chi connectivity index (χ0n) is 19.3. The summed E-state index contributed by atoms with van der Waals surface area (Å²) >= 11 is 0. The minimum Gasteiger partial charge on any atom is -0.394 e. The Morgan fingerprint density at radius 1 is 0.829 bits per heavy atom. The zero-order valence-corrected chi connectivity index (χ0v) is 19.3. The Hall–Kier alpha value is -3.58. The monoisotopic (exact) mass is 468 g/mol. The van der Waals surface area contributed by atoms with E-state index in [1.54, 1.807) is 6.08 Å². The average Bonchev–Trinajstić information content (AvgIpc) is 2.91. The Labute approximate surface area is 204 Å². The largest absolute Gasteiger partial charge is 0.394 e. The number of hydrogen-bond donors (Lipinski definition) is 2. The van der Waals surface area contributed by atoms with E-state index in [0.29, 0.717) is 13.1 Å². The predicted octanol–water partition coefficient (Wildman–Crippen LogP) is 2.87. The van der Waals surface area contributed by atoms with Crippen LogP contribution in [0.4, 0.5) is 0 Å². The van der Waals surface area contributed by atoms with E-state index < -0.39 is 29.6 Å². The third-order valence-electron chi connectivity index (χ3n) is 6.85. The number of morpholine rings is 1. The molecule has 6 nitrogen and oxygen atoms in total. The van der Waals surface area contributed by atoms with E-state index in [4.69, 9.17) is 4.74 Å². The molecular weight excluding hydrogens is 440 g/mol. The molecule has 3 atom stereocenters. The third kappa shape index (κ3) is 4.32. The Kier molecular flexibility index (Phi) is 6.59. The summed E-state index contributed by atoms with van der Waals surface area (Å²) in [6.07, 6.45) is 1.95. The molecule has 35 heavy (non-hydrogen) atoms. The summed E-state index contributed by atoms with van der Waals surface area (Å²) in [6, 6.07) is 30.9. The van der Waals surface area contributed by atoms with Crippen molar-refractivity contribution in [3.05, 3.63) is 120 Å². The van der Waals surface area contributed by atoms with Crippen LogP contribution in [0.5, 0.6) is 0 Å². The number of hydrogen-bond acceptors (Lipinski definition) is 5. The van der Waals surface area contributed by atoms with Gasteiger partial charge in [0.15, 0.2) is 0 Å². The lowest BCUT2D eigenvalue weighted by Gasteiger charge is -2.51. The van der Waals surface area contributed by atoms with Crippen LogP contribution in [0.15, 0.2) is 103 Å². The molecule has 5 rings (SSSR count). The molecule has 0 aliphatic carbocycles. The molecule has 178 valence electrons. The number of benzene rings is 3. The van der Waals surface area contributed by atoms with Crippen LogP contribution in [0.3, 0.4) is 0 Å². The van der Waals surface area contributed by atoms with Crippen LogP contribution >= 0.6 is 0 Å². The number of amides is 2. The highest BCUT2D eigenvalue weighted by molar-refractivity contribution is 6.05. The van der Waals surface area contributed by atoms with E-state index in [-0.39, 0.29) is 12.5 Å². The minimum absolute atomic E-state index is 0.182. The molecule has 3 aromatic carbocycles. The average molecular weight is 469 g/mol. The number of aliphatic hydroxyl groups is 1. The first kappa shape index (κ1) is 23.2. The molecule has 2 N–H and O–H groups in total. The van der Waals surface area contributed by atoms with Crippen LogP contribution in [0, 0.1) is 5.92 Å². The molecule has 1 unspecified atom stereocenters. The van der Waals surface area contributed by atoms with Crippen LogP contribution in [0.1, 0.15) is 16.7 Å². The van der Waals surface area contributed by atoms with Gasteiger partial charge in [-0.05, 0) is 16.7 Å². The van der Waals surface area contributed by atoms with Crippen molar-refractivity contribution in [2.45, 2.75) is 17.7 Å². The second kappa shape index (κ2) is 9.96. The highest BCUT2D eigenvalue weighted by atomic mass is 16.5. The van der Waals surface area contributed by atoms with Gasteiger partial charge < -0.3 is 9.84 Å². The summed E-state index contributed by atoms with van der Waals surface area (Å²) in [5, 5.41) is 12.6. The quantitative estimate of drug-likeness (QED) is 0.430. The Morgan fingerprint density at radius 2 is 1.34 bits per heavy atom. The lowest BCUT2D eigenvalue weighted by atomic mass is 9.74. The molecule has 2 amide bonds. The molecule has 1 fully saturated rings. The second-order valence-electron chi connectivity index (χ2n) is 8.93. The summed E-state index contributed by atoms with van der Waals surface area (Å²) < 4.78 is 6.20. The molecule has 2 aliphatic rings. The lowest BCUT2D eigenvalue weighted by Crippen LogP contribution is -2.61. The van der Waals surface area contributed by atoms with E-state index in [2.05, 4.69) is 46.6 Å². The molecule has 0 saturated carbocycles. The molecular formula is C29H28N2O4. The van der Waals surface area contributed by atoms with Crippen molar-refractivity contribution in [3.63, 3.8) is 0 Å². The van der Waals surface area contributed by atoms with E-state index in [0.717, 1.165) is 16.7 Å². The van der Waals surface area contributed by atoms with Crippen LogP contribution in [-0.2, 0) is 19.9 Å². The molecule has 0 bridgehead atoms. The van der Waals surface area contributed by atoms with Gasteiger partial charge in [-0.3, -0.25) is 19.8 Å². The van der Waals surface area contributed by atoms with Gasteiger partial charge in [0.1, 0.15) is 0 Å². The number of imide groups is 1. The van der Waals surface area contributed by atoms with Crippen molar-refractivity contribution in [2.24, 2.45) is 5.92 Å². The summed E-state index contributed by atoms with van der Waals surface area (Å²) in [5.74, 6) is -1.44. The van der Waals surface area contributed by atoms with Gasteiger partial charge in [-0.15, -0.1) is 0 Å². The van der Waals surface area contributed by atoms with Crippen LogP contribution < -0.4 is 5.32 Å². The Morgan fingerprint density at radius 3 is 1.80 bits per heavy atom. The van der Waals surface area contributed by atoms with Crippen molar-refractivity contribution in [1.29, 1.82) is 0 Å². The van der Waals surface area contributed by atoms with Gasteiger partial charge >= 0.3 is 0 Å². The maximum absolute atomic E-state index is 12.7. The normalized spacial score (nSPS) is 23.2. The SMILES string of the molecule is O=C1C=CC([C@H]2CN(C(c3ccccc3)(c3ccccc3)c3ccccc3)C[C@@H](CO)O2)C(=O)N1. The Bertz CT molecular complexity index is 1100.